The highest BCUT2D eigenvalue weighted by atomic mass is 16.4. The molecule has 0 saturated heterocycles. The van der Waals surface area contributed by atoms with Gasteiger partial charge < -0.3 is 15.4 Å². The molecule has 1 atom stereocenters. The lowest BCUT2D eigenvalue weighted by molar-refractivity contribution is -0.138. The van der Waals surface area contributed by atoms with Crippen molar-refractivity contribution in [3.05, 3.63) is 45.1 Å². The second-order valence-electron chi connectivity index (χ2n) is 4.44. The van der Waals surface area contributed by atoms with Crippen molar-refractivity contribution in [3.63, 3.8) is 0 Å². The topological polar surface area (TPSA) is 121 Å². The number of aliphatic carboxylic acids is 1. The van der Waals surface area contributed by atoms with Crippen molar-refractivity contribution in [1.82, 2.24) is 14.9 Å². The van der Waals surface area contributed by atoms with Gasteiger partial charge in [-0.05, 0) is 19.1 Å². The molecule has 3 N–H and O–H groups in total. The zero-order valence-electron chi connectivity index (χ0n) is 11.1. The quantitative estimate of drug-likeness (QED) is 0.698. The number of nitrogens with zero attached hydrogens (tertiary/aromatic N) is 1. The van der Waals surface area contributed by atoms with Crippen LogP contribution < -0.4 is 16.6 Å². The number of H-pyrrole nitrogens is 1. The van der Waals surface area contributed by atoms with Crippen LogP contribution in [0, 0.1) is 0 Å². The first-order chi connectivity index (χ1) is 9.91. The van der Waals surface area contributed by atoms with E-state index < -0.39 is 35.7 Å². The molecule has 1 aromatic carbocycles. The van der Waals surface area contributed by atoms with Gasteiger partial charge in [-0.25, -0.2) is 9.36 Å². The molecule has 0 radical (unpaired) electrons. The van der Waals surface area contributed by atoms with Crippen LogP contribution in [-0.4, -0.2) is 33.1 Å². The van der Waals surface area contributed by atoms with Gasteiger partial charge in [0.1, 0.15) is 12.6 Å². The lowest BCUT2D eigenvalue weighted by Gasteiger charge is -2.13. The highest BCUT2D eigenvalue weighted by molar-refractivity contribution is 5.84. The zero-order chi connectivity index (χ0) is 15.6. The molecule has 8 nitrogen and oxygen atoms in total. The molecule has 0 aliphatic heterocycles. The number of carbonyl (C=O) groups excluding carboxylic acids is 1. The van der Waals surface area contributed by atoms with E-state index in [1.807, 2.05) is 0 Å². The molecular weight excluding hydrogens is 278 g/mol. The molecule has 0 aliphatic rings. The highest BCUT2D eigenvalue weighted by Gasteiger charge is 2.20. The molecule has 1 amide bonds. The van der Waals surface area contributed by atoms with Gasteiger partial charge in [0.05, 0.1) is 10.9 Å². The summed E-state index contributed by atoms with van der Waals surface area (Å²) in [5.74, 6) is -1.93. The molecule has 8 heteroatoms. The average molecular weight is 291 g/mol. The Morgan fingerprint density at radius 3 is 2.67 bits per heavy atom. The van der Waals surface area contributed by atoms with E-state index in [4.69, 9.17) is 5.11 Å². The monoisotopic (exact) mass is 291 g/mol. The molecule has 110 valence electrons. The molecule has 0 bridgehead atoms. The Balaban J connectivity index is 2.46. The number of aromatic nitrogens is 2. The molecule has 21 heavy (non-hydrogen) atoms. The first-order valence-electron chi connectivity index (χ1n) is 6.15. The molecule has 2 aromatic rings. The van der Waals surface area contributed by atoms with E-state index in [-0.39, 0.29) is 5.39 Å². The second-order valence-corrected chi connectivity index (χ2v) is 4.44. The van der Waals surface area contributed by atoms with Gasteiger partial charge in [0.25, 0.3) is 5.56 Å². The summed E-state index contributed by atoms with van der Waals surface area (Å²) in [6, 6.07) is 5.31. The van der Waals surface area contributed by atoms with E-state index in [9.17, 15) is 19.2 Å². The van der Waals surface area contributed by atoms with Crippen molar-refractivity contribution in [2.75, 3.05) is 6.54 Å². The third-order valence-corrected chi connectivity index (χ3v) is 3.02. The largest absolute Gasteiger partial charge is 0.480 e. The Morgan fingerprint density at radius 2 is 2.00 bits per heavy atom. The van der Waals surface area contributed by atoms with Gasteiger partial charge in [-0.1, -0.05) is 12.1 Å². The van der Waals surface area contributed by atoms with Crippen LogP contribution in [0.5, 0.6) is 0 Å². The Labute approximate surface area is 118 Å². The Morgan fingerprint density at radius 1 is 1.33 bits per heavy atom. The van der Waals surface area contributed by atoms with E-state index in [0.717, 1.165) is 4.57 Å². The van der Waals surface area contributed by atoms with E-state index in [1.165, 1.54) is 13.0 Å². The van der Waals surface area contributed by atoms with Crippen molar-refractivity contribution >= 4 is 22.8 Å². The summed E-state index contributed by atoms with van der Waals surface area (Å²) in [6.45, 7) is 0.770. The van der Waals surface area contributed by atoms with Crippen LogP contribution in [0.2, 0.25) is 0 Å². The van der Waals surface area contributed by atoms with E-state index in [0.29, 0.717) is 5.52 Å². The van der Waals surface area contributed by atoms with Gasteiger partial charge >= 0.3 is 11.7 Å². The number of aromatic amines is 1. The molecule has 1 heterocycles. The number of hydrogen-bond donors (Lipinski definition) is 3. The van der Waals surface area contributed by atoms with Crippen LogP contribution in [0.1, 0.15) is 13.0 Å². The number of carboxylic acid groups (broad SMARTS) is 1. The van der Waals surface area contributed by atoms with Crippen LogP contribution in [0.4, 0.5) is 0 Å². The number of fused-ring (bicyclic) bond motifs is 1. The predicted octanol–water partition coefficient (Wildman–Crippen LogP) is -0.548. The third kappa shape index (κ3) is 2.83. The minimum Gasteiger partial charge on any atom is -0.480 e. The van der Waals surface area contributed by atoms with Crippen LogP contribution in [0.3, 0.4) is 0 Å². The number of carbonyl (C=O) groups is 2. The first-order valence-corrected chi connectivity index (χ1v) is 6.15. The van der Waals surface area contributed by atoms with Crippen molar-refractivity contribution in [3.8, 4) is 0 Å². The molecule has 0 fully saturated rings. The minimum absolute atomic E-state index is 0.273. The molecule has 0 spiro atoms. The predicted molar refractivity (Wildman–Crippen MR) is 74.2 cm³/mol. The fraction of sp³-hybridized carbons (Fsp3) is 0.231. The van der Waals surface area contributed by atoms with Gasteiger partial charge in [0, 0.05) is 0 Å². The number of rotatable bonds is 4. The Bertz CT molecular complexity index is 820. The maximum Gasteiger partial charge on any atom is 0.329 e. The van der Waals surface area contributed by atoms with Gasteiger partial charge in [0.2, 0.25) is 5.91 Å². The summed E-state index contributed by atoms with van der Waals surface area (Å²) in [4.78, 5) is 49.0. The van der Waals surface area contributed by atoms with Gasteiger partial charge in [0.15, 0.2) is 0 Å². The number of benzene rings is 1. The van der Waals surface area contributed by atoms with Gasteiger partial charge in [-0.2, -0.15) is 0 Å². The lowest BCUT2D eigenvalue weighted by Crippen LogP contribution is -2.44. The van der Waals surface area contributed by atoms with Crippen molar-refractivity contribution in [2.45, 2.75) is 13.0 Å². The van der Waals surface area contributed by atoms with Gasteiger partial charge in [-0.15, -0.1) is 0 Å². The maximum absolute atomic E-state index is 12.3. The number of carboxylic acids is 1. The SMILES string of the molecule is C[C@@H](C(=O)NCC(=O)O)n1c(=O)[nH]c2ccccc2c1=O. The van der Waals surface area contributed by atoms with E-state index in [1.54, 1.807) is 18.2 Å². The number of nitrogens with one attached hydrogen (secondary N) is 2. The Hall–Kier alpha value is -2.90. The fourth-order valence-corrected chi connectivity index (χ4v) is 1.96. The summed E-state index contributed by atoms with van der Waals surface area (Å²) in [6.07, 6.45) is 0. The zero-order valence-corrected chi connectivity index (χ0v) is 11.1. The molecule has 0 aliphatic carbocycles. The van der Waals surface area contributed by atoms with Crippen LogP contribution in [-0.2, 0) is 9.59 Å². The minimum atomic E-state index is -1.21. The summed E-state index contributed by atoms with van der Waals surface area (Å²) in [5, 5.41) is 10.9. The smallest absolute Gasteiger partial charge is 0.329 e. The number of para-hydroxylation sites is 1. The lowest BCUT2D eigenvalue weighted by atomic mass is 10.2. The summed E-state index contributed by atoms with van der Waals surface area (Å²) < 4.78 is 0.763. The summed E-state index contributed by atoms with van der Waals surface area (Å²) >= 11 is 0. The summed E-state index contributed by atoms with van der Waals surface area (Å²) in [5.41, 5.74) is -0.953. The maximum atomic E-state index is 12.3. The molecular formula is C13H13N3O5. The molecule has 0 saturated carbocycles. The normalized spacial score (nSPS) is 12.0. The van der Waals surface area contributed by atoms with Crippen molar-refractivity contribution < 1.29 is 14.7 Å². The average Bonchev–Trinajstić information content (AvgIpc) is 2.44. The standard InChI is InChI=1S/C13H13N3O5/c1-7(11(19)14-6-10(17)18)16-12(20)8-4-2-3-5-9(8)15-13(16)21/h2-5,7H,6H2,1H3,(H,14,19)(H,15,21)(H,17,18)/t7-/m0/s1. The number of amides is 1. The van der Waals surface area contributed by atoms with Crippen LogP contribution in [0.25, 0.3) is 10.9 Å². The number of hydrogen-bond acceptors (Lipinski definition) is 4. The third-order valence-electron chi connectivity index (χ3n) is 3.02. The second kappa shape index (κ2) is 5.61. The fourth-order valence-electron chi connectivity index (χ4n) is 1.96. The molecule has 0 unspecified atom stereocenters. The van der Waals surface area contributed by atoms with E-state index in [2.05, 4.69) is 10.3 Å². The highest BCUT2D eigenvalue weighted by Crippen LogP contribution is 2.05. The van der Waals surface area contributed by atoms with Crippen LogP contribution in [0.15, 0.2) is 33.9 Å². The van der Waals surface area contributed by atoms with Crippen molar-refractivity contribution in [1.29, 1.82) is 0 Å². The van der Waals surface area contributed by atoms with Crippen LogP contribution >= 0.6 is 0 Å². The van der Waals surface area contributed by atoms with E-state index >= 15 is 0 Å². The molecule has 1 aromatic heterocycles. The summed E-state index contributed by atoms with van der Waals surface area (Å²) in [7, 11) is 0. The molecule has 2 rings (SSSR count). The van der Waals surface area contributed by atoms with Crippen molar-refractivity contribution in [2.24, 2.45) is 0 Å². The Kier molecular flexibility index (Phi) is 3.88. The first kappa shape index (κ1) is 14.5. The van der Waals surface area contributed by atoms with Gasteiger partial charge in [-0.3, -0.25) is 14.4 Å².